The highest BCUT2D eigenvalue weighted by atomic mass is 32.2. The van der Waals surface area contributed by atoms with Gasteiger partial charge >= 0.3 is 0 Å². The van der Waals surface area contributed by atoms with Crippen molar-refractivity contribution in [2.24, 2.45) is 0 Å². The van der Waals surface area contributed by atoms with E-state index in [1.165, 1.54) is 30.4 Å². The number of terminal acetylenes is 1. The number of rotatable bonds is 6. The van der Waals surface area contributed by atoms with Crippen molar-refractivity contribution in [1.29, 1.82) is 0 Å². The molecule has 0 fully saturated rings. The van der Waals surface area contributed by atoms with Crippen molar-refractivity contribution >= 4 is 11.8 Å². The minimum Gasteiger partial charge on any atom is -0.497 e. The summed E-state index contributed by atoms with van der Waals surface area (Å²) in [6.45, 7) is 1.01. The summed E-state index contributed by atoms with van der Waals surface area (Å²) in [5, 5.41) is 3.64. The Labute approximate surface area is 120 Å². The van der Waals surface area contributed by atoms with Crippen LogP contribution in [-0.2, 0) is 6.42 Å². The third kappa shape index (κ3) is 3.92. The molecule has 1 aliphatic carbocycles. The number of hydrogen-bond acceptors (Lipinski definition) is 3. The number of fused-ring (bicyclic) bond motifs is 1. The Balaban J connectivity index is 1.95. The van der Waals surface area contributed by atoms with Gasteiger partial charge in [-0.05, 0) is 42.5 Å². The van der Waals surface area contributed by atoms with Crippen molar-refractivity contribution in [3.8, 4) is 18.1 Å². The van der Waals surface area contributed by atoms with Crippen LogP contribution in [0, 0.1) is 12.3 Å². The third-order valence-corrected chi connectivity index (χ3v) is 4.35. The molecule has 1 aromatic rings. The van der Waals surface area contributed by atoms with Gasteiger partial charge < -0.3 is 10.1 Å². The maximum atomic E-state index is 5.33. The Bertz CT molecular complexity index is 453. The average molecular weight is 275 g/mol. The SMILES string of the molecule is C#CCSCCNC1CCCc2ccc(OC)cc21. The van der Waals surface area contributed by atoms with Gasteiger partial charge in [-0.3, -0.25) is 0 Å². The summed E-state index contributed by atoms with van der Waals surface area (Å²) in [6.07, 6.45) is 8.89. The summed E-state index contributed by atoms with van der Waals surface area (Å²) in [7, 11) is 1.73. The zero-order valence-electron chi connectivity index (χ0n) is 11.4. The number of nitrogens with one attached hydrogen (secondary N) is 1. The molecule has 1 aromatic carbocycles. The molecule has 0 spiro atoms. The van der Waals surface area contributed by atoms with Crippen molar-refractivity contribution in [2.75, 3.05) is 25.2 Å². The minimum atomic E-state index is 0.463. The van der Waals surface area contributed by atoms with E-state index in [-0.39, 0.29) is 0 Å². The molecule has 102 valence electrons. The molecule has 0 saturated carbocycles. The van der Waals surface area contributed by atoms with Crippen LogP contribution in [-0.4, -0.2) is 25.2 Å². The standard InChI is InChI=1S/C16H21NOS/c1-3-10-19-11-9-17-16-6-4-5-13-7-8-14(18-2)12-15(13)16/h1,7-8,12,16-17H,4-6,9-11H2,2H3. The smallest absolute Gasteiger partial charge is 0.119 e. The van der Waals surface area contributed by atoms with E-state index in [0.29, 0.717) is 6.04 Å². The second kappa shape index (κ2) is 7.47. The molecule has 2 nitrogen and oxygen atoms in total. The lowest BCUT2D eigenvalue weighted by atomic mass is 9.87. The van der Waals surface area contributed by atoms with Crippen LogP contribution in [0.1, 0.15) is 30.0 Å². The maximum Gasteiger partial charge on any atom is 0.119 e. The first kappa shape index (κ1) is 14.3. The quantitative estimate of drug-likeness (QED) is 0.637. The third-order valence-electron chi connectivity index (χ3n) is 3.49. The predicted molar refractivity (Wildman–Crippen MR) is 82.8 cm³/mol. The summed E-state index contributed by atoms with van der Waals surface area (Å²) in [5.74, 6) is 5.48. The van der Waals surface area contributed by atoms with Crippen LogP contribution in [0.25, 0.3) is 0 Å². The summed E-state index contributed by atoms with van der Waals surface area (Å²) in [6, 6.07) is 6.91. The topological polar surface area (TPSA) is 21.3 Å². The summed E-state index contributed by atoms with van der Waals surface area (Å²) >= 11 is 1.81. The fraction of sp³-hybridized carbons (Fsp3) is 0.500. The number of ether oxygens (including phenoxy) is 1. The van der Waals surface area contributed by atoms with Crippen LogP contribution in [0.2, 0.25) is 0 Å². The number of hydrogen-bond donors (Lipinski definition) is 1. The molecule has 0 amide bonds. The first-order chi connectivity index (χ1) is 9.35. The van der Waals surface area contributed by atoms with Crippen LogP contribution in [0.5, 0.6) is 5.75 Å². The van der Waals surface area contributed by atoms with Crippen LogP contribution in [0.4, 0.5) is 0 Å². The summed E-state index contributed by atoms with van der Waals surface area (Å²) in [5.41, 5.74) is 2.87. The van der Waals surface area contributed by atoms with Crippen molar-refractivity contribution in [3.63, 3.8) is 0 Å². The van der Waals surface area contributed by atoms with Crippen LogP contribution < -0.4 is 10.1 Å². The molecule has 19 heavy (non-hydrogen) atoms. The Morgan fingerprint density at radius 3 is 3.21 bits per heavy atom. The fourth-order valence-electron chi connectivity index (χ4n) is 2.55. The van der Waals surface area contributed by atoms with Gasteiger partial charge in [0.2, 0.25) is 0 Å². The van der Waals surface area contributed by atoms with Gasteiger partial charge in [-0.15, -0.1) is 18.2 Å². The molecule has 1 aliphatic rings. The van der Waals surface area contributed by atoms with Gasteiger partial charge in [-0.2, -0.15) is 0 Å². The van der Waals surface area contributed by atoms with Crippen molar-refractivity contribution < 1.29 is 4.74 Å². The zero-order valence-corrected chi connectivity index (χ0v) is 12.3. The molecule has 1 N–H and O–H groups in total. The highest BCUT2D eigenvalue weighted by Crippen LogP contribution is 2.32. The van der Waals surface area contributed by atoms with E-state index in [0.717, 1.165) is 23.8 Å². The lowest BCUT2D eigenvalue weighted by Gasteiger charge is -2.27. The summed E-state index contributed by atoms with van der Waals surface area (Å²) < 4.78 is 5.33. The number of methoxy groups -OCH3 is 1. The number of aryl methyl sites for hydroxylation is 1. The first-order valence-corrected chi connectivity index (χ1v) is 7.92. The monoisotopic (exact) mass is 275 g/mol. The van der Waals surface area contributed by atoms with E-state index in [1.807, 2.05) is 11.8 Å². The van der Waals surface area contributed by atoms with Gasteiger partial charge in [0, 0.05) is 18.3 Å². The highest BCUT2D eigenvalue weighted by Gasteiger charge is 2.19. The second-order valence-electron chi connectivity index (χ2n) is 4.72. The van der Waals surface area contributed by atoms with Gasteiger partial charge in [0.05, 0.1) is 12.9 Å². The number of thioether (sulfide) groups is 1. The molecule has 0 heterocycles. The molecule has 0 aromatic heterocycles. The molecule has 0 radical (unpaired) electrons. The normalized spacial score (nSPS) is 17.6. The van der Waals surface area contributed by atoms with Crippen molar-refractivity contribution in [2.45, 2.75) is 25.3 Å². The van der Waals surface area contributed by atoms with Crippen molar-refractivity contribution in [1.82, 2.24) is 5.32 Å². The largest absolute Gasteiger partial charge is 0.497 e. The molecule has 0 bridgehead atoms. The van der Waals surface area contributed by atoms with E-state index in [2.05, 4.69) is 29.4 Å². The Morgan fingerprint density at radius 1 is 1.53 bits per heavy atom. The van der Waals surface area contributed by atoms with Gasteiger partial charge in [-0.25, -0.2) is 0 Å². The van der Waals surface area contributed by atoms with Gasteiger partial charge in [0.15, 0.2) is 0 Å². The Morgan fingerprint density at radius 2 is 2.42 bits per heavy atom. The Hall–Kier alpha value is -1.11. The average Bonchev–Trinajstić information content (AvgIpc) is 2.46. The van der Waals surface area contributed by atoms with Crippen LogP contribution in [0.15, 0.2) is 18.2 Å². The summed E-state index contributed by atoms with van der Waals surface area (Å²) in [4.78, 5) is 0. The highest BCUT2D eigenvalue weighted by molar-refractivity contribution is 7.99. The molecule has 1 atom stereocenters. The first-order valence-electron chi connectivity index (χ1n) is 6.76. The zero-order chi connectivity index (χ0) is 13.5. The van der Waals surface area contributed by atoms with E-state index >= 15 is 0 Å². The lowest BCUT2D eigenvalue weighted by molar-refractivity contribution is 0.409. The lowest BCUT2D eigenvalue weighted by Crippen LogP contribution is -2.27. The van der Waals surface area contributed by atoms with Crippen LogP contribution in [0.3, 0.4) is 0 Å². The maximum absolute atomic E-state index is 5.33. The predicted octanol–water partition coefficient (Wildman–Crippen LogP) is 3.03. The van der Waals surface area contributed by atoms with E-state index in [1.54, 1.807) is 7.11 Å². The van der Waals surface area contributed by atoms with E-state index in [9.17, 15) is 0 Å². The van der Waals surface area contributed by atoms with E-state index < -0.39 is 0 Å². The van der Waals surface area contributed by atoms with Crippen molar-refractivity contribution in [3.05, 3.63) is 29.3 Å². The molecular formula is C16H21NOS. The molecule has 2 rings (SSSR count). The van der Waals surface area contributed by atoms with Gasteiger partial charge in [-0.1, -0.05) is 12.0 Å². The molecule has 3 heteroatoms. The van der Waals surface area contributed by atoms with Gasteiger partial charge in [0.1, 0.15) is 5.75 Å². The number of benzene rings is 1. The molecule has 0 aliphatic heterocycles. The second-order valence-corrected chi connectivity index (χ2v) is 5.83. The van der Waals surface area contributed by atoms with E-state index in [4.69, 9.17) is 11.2 Å². The van der Waals surface area contributed by atoms with Crippen LogP contribution >= 0.6 is 11.8 Å². The Kier molecular flexibility index (Phi) is 5.62. The fourth-order valence-corrected chi connectivity index (χ4v) is 3.08. The molecule has 0 saturated heterocycles. The minimum absolute atomic E-state index is 0.463. The molecule has 1 unspecified atom stereocenters. The van der Waals surface area contributed by atoms with Gasteiger partial charge in [0.25, 0.3) is 0 Å². The molecular weight excluding hydrogens is 254 g/mol.